The minimum Gasteiger partial charge on any atom is -0.508 e. The van der Waals surface area contributed by atoms with E-state index in [9.17, 15) is 30.6 Å². The Labute approximate surface area is 224 Å². The van der Waals surface area contributed by atoms with E-state index in [-0.39, 0.29) is 57.4 Å². The molecule has 0 amide bonds. The normalized spacial score (nSPS) is 11.1. The molecule has 0 radical (unpaired) electrons. The van der Waals surface area contributed by atoms with Gasteiger partial charge in [-0.05, 0) is 65.8 Å². The van der Waals surface area contributed by atoms with E-state index in [1.807, 2.05) is 24.3 Å². The van der Waals surface area contributed by atoms with Crippen molar-refractivity contribution in [3.63, 3.8) is 0 Å². The van der Waals surface area contributed by atoms with Gasteiger partial charge in [-0.2, -0.15) is 0 Å². The quantitative estimate of drug-likeness (QED) is 0.163. The largest absolute Gasteiger partial charge is 0.508 e. The van der Waals surface area contributed by atoms with Gasteiger partial charge in [0.15, 0.2) is 0 Å². The fraction of sp³-hybridized carbons (Fsp3) is 0.172. The summed E-state index contributed by atoms with van der Waals surface area (Å²) in [5.74, 6) is -0.484. The lowest BCUT2D eigenvalue weighted by Gasteiger charge is -2.15. The highest BCUT2D eigenvalue weighted by molar-refractivity contribution is 6.32. The highest BCUT2D eigenvalue weighted by Gasteiger charge is 2.16. The van der Waals surface area contributed by atoms with Gasteiger partial charge in [0, 0.05) is 36.1 Å². The van der Waals surface area contributed by atoms with Gasteiger partial charge in [0.05, 0.1) is 10.0 Å². The lowest BCUT2D eigenvalue weighted by Crippen LogP contribution is -1.99. The van der Waals surface area contributed by atoms with Crippen molar-refractivity contribution < 1.29 is 30.6 Å². The Kier molecular flexibility index (Phi) is 7.35. The first kappa shape index (κ1) is 26.3. The van der Waals surface area contributed by atoms with E-state index in [1.54, 1.807) is 13.8 Å². The van der Waals surface area contributed by atoms with Crippen LogP contribution in [0.2, 0.25) is 10.0 Å². The van der Waals surface area contributed by atoms with Gasteiger partial charge in [-0.1, -0.05) is 47.5 Å². The van der Waals surface area contributed by atoms with Crippen LogP contribution in [-0.4, -0.2) is 30.6 Å². The Morgan fingerprint density at radius 2 is 0.838 bits per heavy atom. The van der Waals surface area contributed by atoms with Gasteiger partial charge < -0.3 is 30.6 Å². The number of phenols is 6. The molecule has 6 nitrogen and oxygen atoms in total. The van der Waals surface area contributed by atoms with Crippen LogP contribution in [0.5, 0.6) is 34.5 Å². The maximum Gasteiger partial charge on any atom is 0.137 e. The summed E-state index contributed by atoms with van der Waals surface area (Å²) in [7, 11) is 0. The van der Waals surface area contributed by atoms with Crippen molar-refractivity contribution in [1.82, 2.24) is 0 Å². The molecule has 6 N–H and O–H groups in total. The molecular weight excluding hydrogens is 515 g/mol. The molecule has 0 fully saturated rings. The van der Waals surface area contributed by atoms with Gasteiger partial charge in [-0.15, -0.1) is 0 Å². The Hall–Kier alpha value is -3.74. The first-order valence-corrected chi connectivity index (χ1v) is 12.2. The summed E-state index contributed by atoms with van der Waals surface area (Å²) in [6, 6.07) is 12.7. The third kappa shape index (κ3) is 5.66. The molecule has 0 saturated carbocycles. The van der Waals surface area contributed by atoms with E-state index in [0.717, 1.165) is 11.1 Å². The van der Waals surface area contributed by atoms with Gasteiger partial charge in [0.1, 0.15) is 34.5 Å². The zero-order valence-electron chi connectivity index (χ0n) is 20.2. The number of benzene rings is 4. The second-order valence-electron chi connectivity index (χ2n) is 9.24. The van der Waals surface area contributed by atoms with Crippen LogP contribution in [0.3, 0.4) is 0 Å². The van der Waals surface area contributed by atoms with Gasteiger partial charge >= 0.3 is 0 Å². The fourth-order valence-corrected chi connectivity index (χ4v) is 4.83. The maximum atomic E-state index is 10.7. The Morgan fingerprint density at radius 3 is 1.22 bits per heavy atom. The molecule has 0 aliphatic carbocycles. The molecule has 8 heteroatoms. The molecule has 0 aliphatic heterocycles. The standard InChI is InChI=1S/C29H26Cl2O6/c1-14-3-16(6-20(28(14)36)8-18-10-22(30)26(34)12-24(18)32)5-17-4-15(2)29(37)21(7-17)9-19-11-23(31)27(35)13-25(19)33/h3-4,6-7,10-13,32-37H,5,8-9H2,1-2H3. The lowest BCUT2D eigenvalue weighted by atomic mass is 9.93. The number of aromatic hydroxyl groups is 6. The molecule has 192 valence electrons. The molecule has 0 atom stereocenters. The molecule has 0 aromatic heterocycles. The molecule has 4 aromatic carbocycles. The Balaban J connectivity index is 1.66. The van der Waals surface area contributed by atoms with Crippen molar-refractivity contribution in [2.45, 2.75) is 33.1 Å². The zero-order valence-corrected chi connectivity index (χ0v) is 21.7. The predicted octanol–water partition coefficient (Wildman–Crippen LogP) is 6.62. The van der Waals surface area contributed by atoms with Gasteiger partial charge in [0.25, 0.3) is 0 Å². The van der Waals surface area contributed by atoms with Gasteiger partial charge in [0.2, 0.25) is 0 Å². The first-order chi connectivity index (χ1) is 17.4. The number of phenolic OH excluding ortho intramolecular Hbond substituents is 6. The SMILES string of the molecule is Cc1cc(Cc2cc(C)c(O)c(Cc3cc(Cl)c(O)cc3O)c2)cc(Cc2cc(Cl)c(O)cc2O)c1O. The van der Waals surface area contributed by atoms with Gasteiger partial charge in [-0.3, -0.25) is 0 Å². The van der Waals surface area contributed by atoms with Crippen LogP contribution in [0.4, 0.5) is 0 Å². The van der Waals surface area contributed by atoms with E-state index < -0.39 is 0 Å². The lowest BCUT2D eigenvalue weighted by molar-refractivity contribution is 0.444. The number of rotatable bonds is 6. The summed E-state index contributed by atoms with van der Waals surface area (Å²) in [6.45, 7) is 3.58. The highest BCUT2D eigenvalue weighted by Crippen LogP contribution is 2.37. The molecule has 4 aromatic rings. The van der Waals surface area contributed by atoms with Crippen molar-refractivity contribution in [2.75, 3.05) is 0 Å². The van der Waals surface area contributed by atoms with Crippen molar-refractivity contribution in [1.29, 1.82) is 0 Å². The summed E-state index contributed by atoms with van der Waals surface area (Å²) in [4.78, 5) is 0. The Bertz CT molecular complexity index is 1400. The molecule has 37 heavy (non-hydrogen) atoms. The van der Waals surface area contributed by atoms with E-state index in [1.165, 1.54) is 24.3 Å². The molecule has 0 spiro atoms. The van der Waals surface area contributed by atoms with Crippen LogP contribution in [0.1, 0.15) is 44.5 Å². The smallest absolute Gasteiger partial charge is 0.137 e. The second kappa shape index (κ2) is 10.3. The minimum absolute atomic E-state index is 0.105. The van der Waals surface area contributed by atoms with Crippen LogP contribution < -0.4 is 0 Å². The zero-order chi connectivity index (χ0) is 27.0. The number of aryl methyl sites for hydroxylation is 2. The van der Waals surface area contributed by atoms with Crippen molar-refractivity contribution in [3.05, 3.63) is 103 Å². The second-order valence-corrected chi connectivity index (χ2v) is 10.1. The van der Waals surface area contributed by atoms with Crippen LogP contribution in [0.15, 0.2) is 48.5 Å². The maximum absolute atomic E-state index is 10.7. The highest BCUT2D eigenvalue weighted by atomic mass is 35.5. The van der Waals surface area contributed by atoms with E-state index in [0.29, 0.717) is 39.8 Å². The summed E-state index contributed by atoms with van der Waals surface area (Å²) >= 11 is 12.0. The molecule has 0 bridgehead atoms. The monoisotopic (exact) mass is 540 g/mol. The van der Waals surface area contributed by atoms with E-state index in [2.05, 4.69) is 0 Å². The van der Waals surface area contributed by atoms with Crippen molar-refractivity contribution in [3.8, 4) is 34.5 Å². The molecule has 0 unspecified atom stereocenters. The summed E-state index contributed by atoms with van der Waals surface area (Å²) in [5, 5.41) is 61.4. The third-order valence-corrected chi connectivity index (χ3v) is 6.95. The predicted molar refractivity (Wildman–Crippen MR) is 144 cm³/mol. The minimum atomic E-state index is -0.224. The van der Waals surface area contributed by atoms with Gasteiger partial charge in [-0.25, -0.2) is 0 Å². The summed E-state index contributed by atoms with van der Waals surface area (Å²) < 4.78 is 0. The molecular formula is C29H26Cl2O6. The van der Waals surface area contributed by atoms with Crippen molar-refractivity contribution in [2.24, 2.45) is 0 Å². The van der Waals surface area contributed by atoms with Crippen LogP contribution in [-0.2, 0) is 19.3 Å². The Morgan fingerprint density at radius 1 is 0.459 bits per heavy atom. The molecule has 4 rings (SSSR count). The fourth-order valence-electron chi connectivity index (χ4n) is 4.45. The summed E-state index contributed by atoms with van der Waals surface area (Å²) in [6.07, 6.45) is 0.896. The van der Waals surface area contributed by atoms with Crippen molar-refractivity contribution >= 4 is 23.2 Å². The average molecular weight is 541 g/mol. The van der Waals surface area contributed by atoms with E-state index in [4.69, 9.17) is 23.2 Å². The molecule has 0 heterocycles. The van der Waals surface area contributed by atoms with Crippen LogP contribution in [0.25, 0.3) is 0 Å². The number of hydrogen-bond acceptors (Lipinski definition) is 6. The number of halogens is 2. The number of hydrogen-bond donors (Lipinski definition) is 6. The van der Waals surface area contributed by atoms with Crippen LogP contribution >= 0.6 is 23.2 Å². The third-order valence-electron chi connectivity index (χ3n) is 6.34. The van der Waals surface area contributed by atoms with E-state index >= 15 is 0 Å². The molecule has 0 aliphatic rings. The topological polar surface area (TPSA) is 121 Å². The van der Waals surface area contributed by atoms with Crippen LogP contribution in [0, 0.1) is 13.8 Å². The average Bonchev–Trinajstić information content (AvgIpc) is 2.82. The first-order valence-electron chi connectivity index (χ1n) is 11.5. The summed E-state index contributed by atoms with van der Waals surface area (Å²) in [5.41, 5.74) is 5.24. The molecule has 0 saturated heterocycles.